The molecule has 1 unspecified atom stereocenters. The first-order valence-electron chi connectivity index (χ1n) is 18.7. The lowest BCUT2D eigenvalue weighted by Crippen LogP contribution is -2.67. The molecule has 2 N–H and O–H groups in total. The second kappa shape index (κ2) is 18.3. The standard InChI is InChI=1S/C36H57N5O10Si2/c1-22(2)52(23(3)4)48-19-31(43)34(50-53(51-52,24(5)6)25(7)8)33(49-32(44)17-27-13-11-10-12-14-27)28(18-37)29-15-16-30-35(38-20-39-41(29)30)40-36(45)47-21-46-26(9)42/h15-16,20,22-25,27-28,31,33-34,43H,10-14,17,19,21H2,1-9H3,(H,38,39,40,45)/t28?,31-,33+,34-/m1/s1. The maximum absolute atomic E-state index is 13.9. The highest BCUT2D eigenvalue weighted by atomic mass is 28.5. The molecule has 15 nitrogen and oxygen atoms in total. The molecule has 2 aliphatic rings. The Labute approximate surface area is 314 Å². The molecule has 53 heavy (non-hydrogen) atoms. The molecule has 294 valence electrons. The molecule has 1 saturated carbocycles. The SMILES string of the molecule is CC(=O)OCOC(=O)Nc1ncnn2c(C(C#N)[C@H](OC(=O)CC3CCCCC3)[C@@H]3O[Si](C(C)C)(C(C)C)O[Si](C(C)C)(C(C)C)OC[C@H]3O)ccc12. The van der Waals surface area contributed by atoms with Crippen LogP contribution in [0.25, 0.3) is 5.52 Å². The predicted octanol–water partition coefficient (Wildman–Crippen LogP) is 6.61. The molecule has 1 saturated heterocycles. The molecule has 1 amide bonds. The number of ether oxygens (including phenoxy) is 3. The van der Waals surface area contributed by atoms with Gasteiger partial charge in [-0.05, 0) is 53.1 Å². The smallest absolute Gasteiger partial charge is 0.415 e. The number of hydrogen-bond donors (Lipinski definition) is 2. The highest BCUT2D eigenvalue weighted by Crippen LogP contribution is 2.47. The van der Waals surface area contributed by atoms with Crippen LogP contribution in [0, 0.1) is 17.2 Å². The minimum absolute atomic E-state index is 0.0451. The summed E-state index contributed by atoms with van der Waals surface area (Å²) in [7, 11) is -6.33. The van der Waals surface area contributed by atoms with Crippen LogP contribution >= 0.6 is 0 Å². The fourth-order valence-electron chi connectivity index (χ4n) is 7.64. The van der Waals surface area contributed by atoms with Gasteiger partial charge in [0.2, 0.25) is 6.79 Å². The third-order valence-electron chi connectivity index (χ3n) is 10.4. The molecule has 1 aliphatic heterocycles. The highest BCUT2D eigenvalue weighted by Gasteiger charge is 2.60. The predicted molar refractivity (Wildman–Crippen MR) is 199 cm³/mol. The van der Waals surface area contributed by atoms with Gasteiger partial charge in [0.15, 0.2) is 11.9 Å². The van der Waals surface area contributed by atoms with Crippen molar-refractivity contribution in [2.75, 3.05) is 18.7 Å². The number of hydrogen-bond acceptors (Lipinski definition) is 13. The van der Waals surface area contributed by atoms with Gasteiger partial charge in [-0.25, -0.2) is 14.3 Å². The number of nitrogens with zero attached hydrogens (tertiary/aromatic N) is 4. The molecule has 4 atom stereocenters. The van der Waals surface area contributed by atoms with Gasteiger partial charge in [0.05, 0.1) is 18.4 Å². The third kappa shape index (κ3) is 9.64. The minimum Gasteiger partial charge on any atom is -0.458 e. The van der Waals surface area contributed by atoms with E-state index < -0.39 is 66.2 Å². The molecule has 17 heteroatoms. The van der Waals surface area contributed by atoms with Crippen LogP contribution in [0.2, 0.25) is 22.2 Å². The van der Waals surface area contributed by atoms with Crippen molar-refractivity contribution in [1.82, 2.24) is 14.6 Å². The van der Waals surface area contributed by atoms with Crippen LogP contribution in [0.15, 0.2) is 18.5 Å². The molecule has 0 bridgehead atoms. The van der Waals surface area contributed by atoms with Gasteiger partial charge in [-0.15, -0.1) is 0 Å². The van der Waals surface area contributed by atoms with Crippen molar-refractivity contribution in [3.8, 4) is 6.07 Å². The van der Waals surface area contributed by atoms with Crippen LogP contribution in [0.5, 0.6) is 0 Å². The zero-order valence-corrected chi connectivity index (χ0v) is 34.5. The number of amides is 1. The Kier molecular flexibility index (Phi) is 14.6. The summed E-state index contributed by atoms with van der Waals surface area (Å²) >= 11 is 0. The van der Waals surface area contributed by atoms with E-state index in [1.54, 1.807) is 12.1 Å². The van der Waals surface area contributed by atoms with Crippen LogP contribution in [0.1, 0.15) is 112 Å². The molecule has 1 aliphatic carbocycles. The van der Waals surface area contributed by atoms with Crippen molar-refractivity contribution in [3.05, 3.63) is 24.2 Å². The highest BCUT2D eigenvalue weighted by molar-refractivity contribution is 6.84. The lowest BCUT2D eigenvalue weighted by Gasteiger charge is -2.52. The lowest BCUT2D eigenvalue weighted by atomic mass is 9.87. The molecule has 2 aromatic heterocycles. The van der Waals surface area contributed by atoms with E-state index in [1.165, 1.54) is 17.8 Å². The Morgan fingerprint density at radius 1 is 1.00 bits per heavy atom. The molecule has 3 heterocycles. The van der Waals surface area contributed by atoms with Gasteiger partial charge in [-0.3, -0.25) is 14.9 Å². The lowest BCUT2D eigenvalue weighted by molar-refractivity contribution is -0.164. The second-order valence-electron chi connectivity index (χ2n) is 15.4. The fraction of sp³-hybridized carbons (Fsp3) is 0.722. The molecule has 0 aromatic carbocycles. The Morgan fingerprint density at radius 3 is 2.23 bits per heavy atom. The number of esters is 2. The third-order valence-corrected chi connectivity index (χ3v) is 20.7. The number of anilines is 1. The first-order valence-corrected chi connectivity index (χ1v) is 22.7. The number of aliphatic hydroxyl groups excluding tert-OH is 1. The number of aromatic nitrogens is 3. The van der Waals surface area contributed by atoms with Crippen molar-refractivity contribution < 1.29 is 46.7 Å². The van der Waals surface area contributed by atoms with Gasteiger partial charge < -0.3 is 32.3 Å². The maximum atomic E-state index is 13.9. The van der Waals surface area contributed by atoms with Gasteiger partial charge >= 0.3 is 35.2 Å². The summed E-state index contributed by atoms with van der Waals surface area (Å²) < 4.78 is 38.6. The maximum Gasteiger partial charge on any atom is 0.415 e. The molecule has 2 aromatic rings. The van der Waals surface area contributed by atoms with Crippen molar-refractivity contribution in [3.63, 3.8) is 0 Å². The number of nitriles is 1. The quantitative estimate of drug-likeness (QED) is 0.126. The Bertz CT molecular complexity index is 1590. The number of carbonyl (C=O) groups is 3. The number of aliphatic hydroxyl groups is 1. The summed E-state index contributed by atoms with van der Waals surface area (Å²) in [6.07, 6.45) is 1.71. The monoisotopic (exact) mass is 775 g/mol. The van der Waals surface area contributed by atoms with E-state index >= 15 is 0 Å². The summed E-state index contributed by atoms with van der Waals surface area (Å²) in [6.45, 7) is 17.0. The summed E-state index contributed by atoms with van der Waals surface area (Å²) in [5.74, 6) is -2.08. The van der Waals surface area contributed by atoms with E-state index in [1.807, 2.05) is 27.7 Å². The number of fused-ring (bicyclic) bond motifs is 1. The van der Waals surface area contributed by atoms with E-state index in [9.17, 15) is 24.8 Å². The van der Waals surface area contributed by atoms with Crippen molar-refractivity contribution in [1.29, 1.82) is 5.26 Å². The Morgan fingerprint density at radius 2 is 1.64 bits per heavy atom. The Hall–Kier alpha value is -3.41. The minimum atomic E-state index is -3.33. The van der Waals surface area contributed by atoms with E-state index in [2.05, 4.69) is 53.9 Å². The van der Waals surface area contributed by atoms with Crippen molar-refractivity contribution in [2.45, 2.75) is 147 Å². The normalized spacial score (nSPS) is 21.8. The van der Waals surface area contributed by atoms with Gasteiger partial charge in [-0.1, -0.05) is 74.7 Å². The van der Waals surface area contributed by atoms with E-state index in [4.69, 9.17) is 22.4 Å². The summed E-state index contributed by atoms with van der Waals surface area (Å²) in [6, 6.07) is 5.56. The largest absolute Gasteiger partial charge is 0.458 e. The van der Waals surface area contributed by atoms with E-state index in [0.717, 1.165) is 32.1 Å². The Balaban J connectivity index is 1.80. The molecule has 0 radical (unpaired) electrons. The summed E-state index contributed by atoms with van der Waals surface area (Å²) in [5, 5.41) is 29.9. The topological polar surface area (TPSA) is 193 Å². The molecule has 0 spiro atoms. The van der Waals surface area contributed by atoms with Crippen LogP contribution in [-0.2, 0) is 36.8 Å². The van der Waals surface area contributed by atoms with Crippen LogP contribution in [-0.4, -0.2) is 86.6 Å². The van der Waals surface area contributed by atoms with Gasteiger partial charge in [-0.2, -0.15) is 10.4 Å². The van der Waals surface area contributed by atoms with Gasteiger partial charge in [0.25, 0.3) is 0 Å². The van der Waals surface area contributed by atoms with E-state index in [0.29, 0.717) is 11.2 Å². The zero-order valence-electron chi connectivity index (χ0n) is 32.5. The average molecular weight is 776 g/mol. The van der Waals surface area contributed by atoms with E-state index in [-0.39, 0.29) is 46.9 Å². The van der Waals surface area contributed by atoms with Gasteiger partial charge in [0.1, 0.15) is 30.0 Å². The second-order valence-corrected chi connectivity index (χ2v) is 24.2. The number of nitrogens with one attached hydrogen (secondary N) is 1. The van der Waals surface area contributed by atoms with Gasteiger partial charge in [0, 0.05) is 13.3 Å². The molecular weight excluding hydrogens is 719 g/mol. The van der Waals surface area contributed by atoms with Crippen LogP contribution < -0.4 is 5.32 Å². The summed E-state index contributed by atoms with van der Waals surface area (Å²) in [5.41, 5.74) is 0.512. The van der Waals surface area contributed by atoms with Crippen LogP contribution in [0.4, 0.5) is 10.6 Å². The first-order chi connectivity index (χ1) is 25.1. The van der Waals surface area contributed by atoms with Crippen molar-refractivity contribution in [2.24, 2.45) is 5.92 Å². The summed E-state index contributed by atoms with van der Waals surface area (Å²) in [4.78, 5) is 41.6. The number of rotatable bonds is 13. The first kappa shape index (κ1) is 42.3. The zero-order chi connectivity index (χ0) is 39.1. The number of carbonyl (C=O) groups excluding carboxylic acids is 3. The fourth-order valence-corrected chi connectivity index (χ4v) is 18.9. The van der Waals surface area contributed by atoms with Crippen molar-refractivity contribution >= 4 is 46.5 Å². The molecular formula is C36H57N5O10Si2. The average Bonchev–Trinajstić information content (AvgIpc) is 3.51. The van der Waals surface area contributed by atoms with Crippen LogP contribution in [0.3, 0.4) is 0 Å². The molecule has 2 fully saturated rings. The molecule has 4 rings (SSSR count).